The van der Waals surface area contributed by atoms with Crippen molar-refractivity contribution >= 4 is 11.7 Å². The Balaban J connectivity index is 1.84. The van der Waals surface area contributed by atoms with Gasteiger partial charge in [-0.25, -0.2) is 4.98 Å². The Morgan fingerprint density at radius 2 is 2.07 bits per heavy atom. The predicted octanol–water partition coefficient (Wildman–Crippen LogP) is 2.39. The van der Waals surface area contributed by atoms with Crippen molar-refractivity contribution < 1.29 is 19.4 Å². The Bertz CT molecular complexity index is 831. The zero-order chi connectivity index (χ0) is 19.2. The average molecular weight is 368 g/mol. The lowest BCUT2D eigenvalue weighted by Crippen LogP contribution is -2.20. The van der Waals surface area contributed by atoms with E-state index in [1.54, 1.807) is 19.2 Å². The minimum atomic E-state index is -0.308. The van der Waals surface area contributed by atoms with Crippen molar-refractivity contribution in [3.8, 4) is 5.75 Å². The number of hydrogen-bond acceptors (Lipinski definition) is 5. The van der Waals surface area contributed by atoms with Crippen LogP contribution in [0.1, 0.15) is 51.4 Å². The fourth-order valence-corrected chi connectivity index (χ4v) is 2.90. The Kier molecular flexibility index (Phi) is 6.19. The summed E-state index contributed by atoms with van der Waals surface area (Å²) in [5.74, 6) is 0.899. The molecular weight excluding hydrogens is 344 g/mol. The number of pyridine rings is 1. The lowest BCUT2D eigenvalue weighted by Gasteiger charge is -2.10. The zero-order valence-electron chi connectivity index (χ0n) is 15.4. The van der Waals surface area contributed by atoms with Crippen molar-refractivity contribution in [1.82, 2.24) is 10.3 Å². The molecule has 1 aromatic heterocycles. The molecule has 6 nitrogen and oxygen atoms in total. The first-order valence-electron chi connectivity index (χ1n) is 9.18. The molecule has 0 bridgehead atoms. The van der Waals surface area contributed by atoms with Crippen LogP contribution in [0.2, 0.25) is 0 Å². The third-order valence-corrected chi connectivity index (χ3v) is 4.47. The van der Waals surface area contributed by atoms with Crippen molar-refractivity contribution in [3.63, 3.8) is 0 Å². The molecule has 0 radical (unpaired) electrons. The number of aliphatic hydroxyl groups is 1. The number of hydrogen-bond donors (Lipinski definition) is 2. The number of ether oxygens (including phenoxy) is 1. The number of ketones is 1. The highest BCUT2D eigenvalue weighted by atomic mass is 16.5. The fraction of sp³-hybridized carbons (Fsp3) is 0.381. The van der Waals surface area contributed by atoms with Crippen molar-refractivity contribution in [2.45, 2.75) is 25.7 Å². The molecule has 6 heteroatoms. The van der Waals surface area contributed by atoms with Gasteiger partial charge >= 0.3 is 0 Å². The van der Waals surface area contributed by atoms with E-state index in [1.807, 2.05) is 24.3 Å². The monoisotopic (exact) mass is 368 g/mol. The molecule has 0 aliphatic heterocycles. The van der Waals surface area contributed by atoms with Crippen LogP contribution in [0, 0.1) is 5.92 Å². The zero-order valence-corrected chi connectivity index (χ0v) is 15.4. The van der Waals surface area contributed by atoms with Gasteiger partial charge in [0.25, 0.3) is 5.91 Å². The second kappa shape index (κ2) is 8.77. The summed E-state index contributed by atoms with van der Waals surface area (Å²) < 4.78 is 5.44. The number of rotatable bonds is 9. The van der Waals surface area contributed by atoms with Gasteiger partial charge in [0.1, 0.15) is 18.1 Å². The molecule has 1 aromatic carbocycles. The molecule has 1 aliphatic rings. The van der Waals surface area contributed by atoms with Crippen LogP contribution < -0.4 is 10.1 Å². The number of aliphatic hydroxyl groups excluding tert-OH is 1. The van der Waals surface area contributed by atoms with Crippen molar-refractivity contribution in [1.29, 1.82) is 0 Å². The van der Waals surface area contributed by atoms with Gasteiger partial charge in [0.05, 0.1) is 6.61 Å². The number of carbonyl (C=O) groups excluding carboxylic acids is 2. The predicted molar refractivity (Wildman–Crippen MR) is 101 cm³/mol. The fourth-order valence-electron chi connectivity index (χ4n) is 2.90. The first kappa shape index (κ1) is 19.0. The van der Waals surface area contributed by atoms with Gasteiger partial charge in [-0.1, -0.05) is 12.1 Å². The van der Waals surface area contributed by atoms with Crippen LogP contribution in [-0.2, 0) is 6.42 Å². The molecule has 1 aliphatic carbocycles. The SMILES string of the molecule is CNC(=O)c1cc(C(=O)CC2CC2)cc(Cc2cccc(OCCO)c2)n1. The van der Waals surface area contributed by atoms with Crippen molar-refractivity contribution in [2.24, 2.45) is 5.92 Å². The van der Waals surface area contributed by atoms with E-state index in [1.165, 1.54) is 0 Å². The third kappa shape index (κ3) is 5.37. The quantitative estimate of drug-likeness (QED) is 0.664. The molecule has 27 heavy (non-hydrogen) atoms. The Hall–Kier alpha value is -2.73. The van der Waals surface area contributed by atoms with Crippen LogP contribution >= 0.6 is 0 Å². The molecule has 0 spiro atoms. The molecule has 1 heterocycles. The van der Waals surface area contributed by atoms with Gasteiger partial charge in [-0.05, 0) is 48.6 Å². The van der Waals surface area contributed by atoms with Gasteiger partial charge in [0, 0.05) is 31.1 Å². The maximum atomic E-state index is 12.5. The summed E-state index contributed by atoms with van der Waals surface area (Å²) in [7, 11) is 1.55. The topological polar surface area (TPSA) is 88.5 Å². The summed E-state index contributed by atoms with van der Waals surface area (Å²) in [4.78, 5) is 29.0. The van der Waals surface area contributed by atoms with Crippen molar-refractivity contribution in [2.75, 3.05) is 20.3 Å². The van der Waals surface area contributed by atoms with E-state index in [9.17, 15) is 9.59 Å². The van der Waals surface area contributed by atoms with E-state index in [0.29, 0.717) is 35.8 Å². The number of Topliss-reactive ketones (excluding diaryl/α,β-unsaturated/α-hetero) is 1. The lowest BCUT2D eigenvalue weighted by molar-refractivity contribution is 0.0958. The Labute approximate surface area is 158 Å². The van der Waals surface area contributed by atoms with Gasteiger partial charge in [-0.3, -0.25) is 9.59 Å². The lowest BCUT2D eigenvalue weighted by atomic mass is 10.0. The van der Waals surface area contributed by atoms with E-state index in [-0.39, 0.29) is 30.6 Å². The Morgan fingerprint density at radius 3 is 2.78 bits per heavy atom. The average Bonchev–Trinajstić information content (AvgIpc) is 3.49. The second-order valence-corrected chi connectivity index (χ2v) is 6.78. The molecule has 0 saturated heterocycles. The number of aromatic nitrogens is 1. The van der Waals surface area contributed by atoms with E-state index in [2.05, 4.69) is 10.3 Å². The van der Waals surface area contributed by atoms with Crippen LogP contribution in [0.15, 0.2) is 36.4 Å². The van der Waals surface area contributed by atoms with Gasteiger partial charge in [-0.15, -0.1) is 0 Å². The summed E-state index contributed by atoms with van der Waals surface area (Å²) in [6.45, 7) is 0.181. The van der Waals surface area contributed by atoms with Gasteiger partial charge in [0.2, 0.25) is 0 Å². The summed E-state index contributed by atoms with van der Waals surface area (Å²) in [6, 6.07) is 10.8. The van der Waals surface area contributed by atoms with Gasteiger partial charge in [0.15, 0.2) is 5.78 Å². The van der Waals surface area contributed by atoms with E-state index in [0.717, 1.165) is 18.4 Å². The van der Waals surface area contributed by atoms with E-state index < -0.39 is 0 Å². The van der Waals surface area contributed by atoms with Crippen LogP contribution in [0.3, 0.4) is 0 Å². The first-order chi connectivity index (χ1) is 13.1. The second-order valence-electron chi connectivity index (χ2n) is 6.78. The highest BCUT2D eigenvalue weighted by molar-refractivity contribution is 5.99. The highest BCUT2D eigenvalue weighted by Gasteiger charge is 2.25. The Morgan fingerprint density at radius 1 is 1.26 bits per heavy atom. The third-order valence-electron chi connectivity index (χ3n) is 4.47. The number of carbonyl (C=O) groups is 2. The summed E-state index contributed by atoms with van der Waals surface area (Å²) in [5, 5.41) is 11.4. The first-order valence-corrected chi connectivity index (χ1v) is 9.18. The van der Waals surface area contributed by atoms with Crippen LogP contribution in [-0.4, -0.2) is 42.0 Å². The van der Waals surface area contributed by atoms with E-state index >= 15 is 0 Å². The molecule has 0 unspecified atom stereocenters. The molecule has 1 fully saturated rings. The van der Waals surface area contributed by atoms with Crippen molar-refractivity contribution in [3.05, 3.63) is 58.9 Å². The summed E-state index contributed by atoms with van der Waals surface area (Å²) in [6.07, 6.45) is 3.21. The normalized spacial score (nSPS) is 13.3. The number of amides is 1. The van der Waals surface area contributed by atoms with Gasteiger partial charge < -0.3 is 15.2 Å². The largest absolute Gasteiger partial charge is 0.491 e. The number of nitrogens with zero attached hydrogens (tertiary/aromatic N) is 1. The molecule has 3 rings (SSSR count). The maximum absolute atomic E-state index is 12.5. The van der Waals surface area contributed by atoms with Crippen LogP contribution in [0.25, 0.3) is 0 Å². The van der Waals surface area contributed by atoms with Crippen LogP contribution in [0.4, 0.5) is 0 Å². The standard InChI is InChI=1S/C21H24N2O4/c1-22-21(26)19-13-16(20(25)11-14-5-6-14)12-17(23-19)9-15-3-2-4-18(10-15)27-8-7-24/h2-4,10,12-14,24H,5-9,11H2,1H3,(H,22,26). The molecule has 1 amide bonds. The number of nitrogens with one attached hydrogen (secondary N) is 1. The minimum Gasteiger partial charge on any atom is -0.491 e. The summed E-state index contributed by atoms with van der Waals surface area (Å²) in [5.41, 5.74) is 2.40. The van der Waals surface area contributed by atoms with E-state index in [4.69, 9.17) is 9.84 Å². The highest BCUT2D eigenvalue weighted by Crippen LogP contribution is 2.33. The molecule has 1 saturated carbocycles. The molecule has 0 atom stereocenters. The molecule has 2 N–H and O–H groups in total. The van der Waals surface area contributed by atoms with Crippen LogP contribution in [0.5, 0.6) is 5.75 Å². The summed E-state index contributed by atoms with van der Waals surface area (Å²) >= 11 is 0. The maximum Gasteiger partial charge on any atom is 0.269 e. The molecular formula is C21H24N2O4. The molecule has 142 valence electrons. The van der Waals surface area contributed by atoms with Gasteiger partial charge in [-0.2, -0.15) is 0 Å². The minimum absolute atomic E-state index is 0.0492. The molecule has 2 aromatic rings. The number of benzene rings is 1. The smallest absolute Gasteiger partial charge is 0.269 e.